The molecule has 2 aromatic carbocycles. The van der Waals surface area contributed by atoms with E-state index in [1.54, 1.807) is 18.2 Å². The molecule has 0 aromatic heterocycles. The fourth-order valence-corrected chi connectivity index (χ4v) is 2.07. The van der Waals surface area contributed by atoms with Crippen LogP contribution in [0.25, 0.3) is 0 Å². The highest BCUT2D eigenvalue weighted by Gasteiger charge is 2.10. The summed E-state index contributed by atoms with van der Waals surface area (Å²) in [5.74, 6) is -0.460. The Morgan fingerprint density at radius 3 is 2.76 bits per heavy atom. The maximum Gasteiger partial charge on any atom is 0.269 e. The van der Waals surface area contributed by atoms with Gasteiger partial charge < -0.3 is 5.32 Å². The van der Waals surface area contributed by atoms with Crippen molar-refractivity contribution in [3.63, 3.8) is 0 Å². The van der Waals surface area contributed by atoms with Crippen molar-refractivity contribution in [2.45, 2.75) is 19.5 Å². The average Bonchev–Trinajstić information content (AvgIpc) is 2.48. The number of halogens is 2. The Labute approximate surface area is 126 Å². The predicted octanol–water partition coefficient (Wildman–Crippen LogP) is 4.24. The van der Waals surface area contributed by atoms with Gasteiger partial charge in [0.25, 0.3) is 5.69 Å². The van der Waals surface area contributed by atoms with Crippen molar-refractivity contribution >= 4 is 17.3 Å². The van der Waals surface area contributed by atoms with Gasteiger partial charge in [-0.05, 0) is 30.2 Å². The first-order chi connectivity index (χ1) is 9.97. The van der Waals surface area contributed by atoms with E-state index < -0.39 is 10.7 Å². The van der Waals surface area contributed by atoms with Crippen LogP contribution in [0.2, 0.25) is 5.02 Å². The summed E-state index contributed by atoms with van der Waals surface area (Å²) in [6, 6.07) is 10.9. The Bertz CT molecular complexity index is 664. The first-order valence-corrected chi connectivity index (χ1v) is 6.77. The van der Waals surface area contributed by atoms with Gasteiger partial charge in [-0.3, -0.25) is 10.1 Å². The molecule has 21 heavy (non-hydrogen) atoms. The van der Waals surface area contributed by atoms with Gasteiger partial charge in [-0.15, -0.1) is 0 Å². The molecule has 0 bridgehead atoms. The molecule has 110 valence electrons. The molecule has 0 spiro atoms. The summed E-state index contributed by atoms with van der Waals surface area (Å²) in [6.07, 6.45) is 0. The number of nitro benzene ring substituents is 1. The number of nitrogens with zero attached hydrogens (tertiary/aromatic N) is 1. The molecule has 2 aromatic rings. The summed E-state index contributed by atoms with van der Waals surface area (Å²) < 4.78 is 13.4. The fourth-order valence-electron chi connectivity index (χ4n) is 1.95. The van der Waals surface area contributed by atoms with E-state index in [4.69, 9.17) is 11.6 Å². The number of hydrogen-bond acceptors (Lipinski definition) is 3. The molecule has 1 N–H and O–H groups in total. The zero-order valence-electron chi connectivity index (χ0n) is 11.3. The molecule has 6 heteroatoms. The van der Waals surface area contributed by atoms with Gasteiger partial charge >= 0.3 is 0 Å². The first kappa shape index (κ1) is 15.4. The normalized spacial score (nSPS) is 12.1. The second kappa shape index (κ2) is 6.65. The van der Waals surface area contributed by atoms with Gasteiger partial charge in [0.2, 0.25) is 0 Å². The molecular formula is C15H14ClFN2O2. The number of rotatable bonds is 5. The van der Waals surface area contributed by atoms with Gasteiger partial charge in [-0.1, -0.05) is 29.8 Å². The van der Waals surface area contributed by atoms with Crippen LogP contribution in [0.5, 0.6) is 0 Å². The molecule has 0 amide bonds. The molecule has 0 radical (unpaired) electrons. The summed E-state index contributed by atoms with van der Waals surface area (Å²) in [5, 5.41) is 14.0. The van der Waals surface area contributed by atoms with E-state index in [1.807, 2.05) is 6.92 Å². The van der Waals surface area contributed by atoms with Crippen LogP contribution < -0.4 is 5.32 Å². The molecule has 0 aliphatic carbocycles. The van der Waals surface area contributed by atoms with E-state index in [1.165, 1.54) is 24.3 Å². The van der Waals surface area contributed by atoms with Gasteiger partial charge in [-0.25, -0.2) is 4.39 Å². The molecule has 0 heterocycles. The minimum absolute atomic E-state index is 0.0551. The van der Waals surface area contributed by atoms with Crippen molar-refractivity contribution in [1.29, 1.82) is 0 Å². The highest BCUT2D eigenvalue weighted by atomic mass is 35.5. The average molecular weight is 309 g/mol. The zero-order valence-corrected chi connectivity index (χ0v) is 12.1. The maximum atomic E-state index is 13.4. The van der Waals surface area contributed by atoms with Gasteiger partial charge in [0.15, 0.2) is 0 Å². The Hall–Kier alpha value is -1.98. The van der Waals surface area contributed by atoms with Crippen LogP contribution in [0.4, 0.5) is 10.1 Å². The Morgan fingerprint density at radius 1 is 1.33 bits per heavy atom. The summed E-state index contributed by atoms with van der Waals surface area (Å²) in [4.78, 5) is 10.3. The minimum atomic E-state index is -0.460. The van der Waals surface area contributed by atoms with Crippen LogP contribution in [0.3, 0.4) is 0 Å². The molecule has 0 saturated carbocycles. The third-order valence-corrected chi connectivity index (χ3v) is 3.48. The van der Waals surface area contributed by atoms with Crippen LogP contribution in [-0.4, -0.2) is 4.92 Å². The second-order valence-corrected chi connectivity index (χ2v) is 5.11. The summed E-state index contributed by atoms with van der Waals surface area (Å²) in [6.45, 7) is 2.34. The lowest BCUT2D eigenvalue weighted by molar-refractivity contribution is -0.384. The molecule has 1 unspecified atom stereocenters. The Balaban J connectivity index is 2.03. The largest absolute Gasteiger partial charge is 0.306 e. The topological polar surface area (TPSA) is 55.2 Å². The molecular weight excluding hydrogens is 295 g/mol. The summed E-state index contributed by atoms with van der Waals surface area (Å²) >= 11 is 5.65. The highest BCUT2D eigenvalue weighted by molar-refractivity contribution is 6.30. The van der Waals surface area contributed by atoms with Crippen molar-refractivity contribution < 1.29 is 9.31 Å². The molecule has 0 saturated heterocycles. The Morgan fingerprint density at radius 2 is 2.10 bits per heavy atom. The lowest BCUT2D eigenvalue weighted by atomic mass is 10.1. The van der Waals surface area contributed by atoms with Crippen molar-refractivity contribution in [3.8, 4) is 0 Å². The SMILES string of the molecule is CC(NCc1cccc([N+](=O)[O-])c1)c1ccc(Cl)c(F)c1. The molecule has 0 aliphatic heterocycles. The van der Waals surface area contributed by atoms with Crippen LogP contribution in [0.15, 0.2) is 42.5 Å². The van der Waals surface area contributed by atoms with Crippen LogP contribution in [0, 0.1) is 15.9 Å². The summed E-state index contributed by atoms with van der Waals surface area (Å²) in [7, 11) is 0. The van der Waals surface area contributed by atoms with E-state index in [0.717, 1.165) is 11.1 Å². The number of hydrogen-bond donors (Lipinski definition) is 1. The smallest absolute Gasteiger partial charge is 0.269 e. The van der Waals surface area contributed by atoms with E-state index in [-0.39, 0.29) is 16.8 Å². The lowest BCUT2D eigenvalue weighted by Crippen LogP contribution is -2.18. The van der Waals surface area contributed by atoms with Crippen molar-refractivity contribution in [3.05, 3.63) is 74.5 Å². The third kappa shape index (κ3) is 4.00. The van der Waals surface area contributed by atoms with Crippen molar-refractivity contribution in [1.82, 2.24) is 5.32 Å². The fraction of sp³-hybridized carbons (Fsp3) is 0.200. The minimum Gasteiger partial charge on any atom is -0.306 e. The van der Waals surface area contributed by atoms with Gasteiger partial charge in [-0.2, -0.15) is 0 Å². The first-order valence-electron chi connectivity index (χ1n) is 6.39. The van der Waals surface area contributed by atoms with E-state index in [2.05, 4.69) is 5.32 Å². The number of benzene rings is 2. The summed E-state index contributed by atoms with van der Waals surface area (Å²) in [5.41, 5.74) is 1.62. The third-order valence-electron chi connectivity index (χ3n) is 3.18. The quantitative estimate of drug-likeness (QED) is 0.664. The monoisotopic (exact) mass is 308 g/mol. The lowest BCUT2D eigenvalue weighted by Gasteiger charge is -2.14. The van der Waals surface area contributed by atoms with Crippen molar-refractivity contribution in [2.24, 2.45) is 0 Å². The molecule has 1 atom stereocenters. The Kier molecular flexibility index (Phi) is 4.88. The molecule has 2 rings (SSSR count). The molecule has 0 fully saturated rings. The molecule has 4 nitrogen and oxygen atoms in total. The number of non-ortho nitro benzene ring substituents is 1. The van der Waals surface area contributed by atoms with E-state index >= 15 is 0 Å². The van der Waals surface area contributed by atoms with E-state index in [9.17, 15) is 14.5 Å². The predicted molar refractivity (Wildman–Crippen MR) is 79.8 cm³/mol. The van der Waals surface area contributed by atoms with E-state index in [0.29, 0.717) is 6.54 Å². The number of nitrogens with one attached hydrogen (secondary N) is 1. The second-order valence-electron chi connectivity index (χ2n) is 4.70. The molecule has 0 aliphatic rings. The van der Waals surface area contributed by atoms with Gasteiger partial charge in [0.05, 0.1) is 9.95 Å². The maximum absolute atomic E-state index is 13.4. The number of nitro groups is 1. The van der Waals surface area contributed by atoms with Crippen LogP contribution in [0.1, 0.15) is 24.1 Å². The zero-order chi connectivity index (χ0) is 15.4. The van der Waals surface area contributed by atoms with Gasteiger partial charge in [0.1, 0.15) is 5.82 Å². The van der Waals surface area contributed by atoms with Crippen molar-refractivity contribution in [2.75, 3.05) is 0 Å². The highest BCUT2D eigenvalue weighted by Crippen LogP contribution is 2.21. The van der Waals surface area contributed by atoms with Crippen LogP contribution >= 0.6 is 11.6 Å². The standard InChI is InChI=1S/C15H14ClFN2O2/c1-10(12-5-6-14(16)15(17)8-12)18-9-11-3-2-4-13(7-11)19(20)21/h2-8,10,18H,9H2,1H3. The van der Waals surface area contributed by atoms with Crippen LogP contribution in [-0.2, 0) is 6.54 Å². The van der Waals surface area contributed by atoms with Gasteiger partial charge in [0, 0.05) is 24.7 Å².